The van der Waals surface area contributed by atoms with Gasteiger partial charge in [-0.25, -0.2) is 0 Å². The molecule has 2 aromatic carbocycles. The molecule has 0 radical (unpaired) electrons. The van der Waals surface area contributed by atoms with Crippen molar-refractivity contribution in [3.05, 3.63) is 77.4 Å². The molecule has 0 saturated heterocycles. The Morgan fingerprint density at radius 1 is 0.857 bits per heavy atom. The Balaban J connectivity index is 0.000000807. The summed E-state index contributed by atoms with van der Waals surface area (Å²) in [7, 11) is 0. The summed E-state index contributed by atoms with van der Waals surface area (Å²) in [6.07, 6.45) is 7.73. The van der Waals surface area contributed by atoms with Gasteiger partial charge in [-0.15, -0.1) is 0 Å². The van der Waals surface area contributed by atoms with Crippen molar-refractivity contribution in [2.75, 3.05) is 0 Å². The predicted molar refractivity (Wildman–Crippen MR) is 75.5 cm³/mol. The molecular weight excluding hydrogens is 335 g/mol. The van der Waals surface area contributed by atoms with Crippen LogP contribution < -0.4 is 24.8 Å². The van der Waals surface area contributed by atoms with E-state index in [1.807, 2.05) is 0 Å². The molecule has 4 rings (SSSR count). The van der Waals surface area contributed by atoms with Crippen LogP contribution in [0.5, 0.6) is 0 Å². The fourth-order valence-electron chi connectivity index (χ4n) is 3.19. The van der Waals surface area contributed by atoms with Crippen LogP contribution in [0.4, 0.5) is 0 Å². The molecule has 0 amide bonds. The van der Waals surface area contributed by atoms with Gasteiger partial charge in [-0.2, -0.15) is 0 Å². The van der Waals surface area contributed by atoms with Gasteiger partial charge in [0.15, 0.2) is 0 Å². The molecule has 0 heterocycles. The van der Waals surface area contributed by atoms with Crippen LogP contribution in [-0.2, 0) is 20.4 Å². The van der Waals surface area contributed by atoms with Gasteiger partial charge in [0, 0.05) is 0 Å². The summed E-state index contributed by atoms with van der Waals surface area (Å²) in [4.78, 5) is 0. The van der Waals surface area contributed by atoms with E-state index < -0.39 is 0 Å². The molecule has 3 heteroatoms. The molecule has 0 aliphatic heterocycles. The van der Waals surface area contributed by atoms with Crippen molar-refractivity contribution in [2.45, 2.75) is 10.6 Å². The first kappa shape index (κ1) is 16.6. The summed E-state index contributed by atoms with van der Waals surface area (Å²) in [5.41, 5.74) is 8.71. The molecule has 1 atom stereocenters. The maximum atomic E-state index is 2.33. The van der Waals surface area contributed by atoms with E-state index in [1.165, 1.54) is 33.4 Å². The molecule has 2 aromatic rings. The fourth-order valence-corrected chi connectivity index (χ4v) is 4.07. The molecule has 0 fully saturated rings. The van der Waals surface area contributed by atoms with Gasteiger partial charge in [0.2, 0.25) is 0 Å². The van der Waals surface area contributed by atoms with Crippen molar-refractivity contribution >= 4 is 5.57 Å². The van der Waals surface area contributed by atoms with Crippen LogP contribution in [-0.4, -0.2) is 0 Å². The van der Waals surface area contributed by atoms with Crippen LogP contribution in [0, 0.1) is 0 Å². The fraction of sp³-hybridized carbons (Fsp3) is 0.111. The van der Waals surface area contributed by atoms with Crippen molar-refractivity contribution in [3.63, 3.8) is 0 Å². The zero-order valence-electron chi connectivity index (χ0n) is 11.3. The summed E-state index contributed by atoms with van der Waals surface area (Å²) in [5.74, 6) is 0. The normalized spacial score (nSPS) is 17.4. The summed E-state index contributed by atoms with van der Waals surface area (Å²) in [6.45, 7) is 0. The first-order valence-corrected chi connectivity index (χ1v) is 7.56. The van der Waals surface area contributed by atoms with Crippen LogP contribution in [0.25, 0.3) is 16.7 Å². The Bertz CT molecular complexity index is 732. The summed E-state index contributed by atoms with van der Waals surface area (Å²) >= 11 is 2.33. The van der Waals surface area contributed by atoms with Crippen molar-refractivity contribution < 1.29 is 45.2 Å². The standard InChI is InChI=1S/C18H13.2ClH.Ti/c1-2-7-13(6-1)15-10-5-11-17-16-9-4-3-8-14(16)12-18(15)17;;;/h1-6,8-12H,7H2;2*1H;/q;;;+2/p-2. The number of fused-ring (bicyclic) bond motifs is 3. The minimum atomic E-state index is 0. The summed E-state index contributed by atoms with van der Waals surface area (Å²) < 4.78 is 0.504. The Labute approximate surface area is 149 Å². The molecule has 0 spiro atoms. The van der Waals surface area contributed by atoms with Crippen molar-refractivity contribution in [2.24, 2.45) is 0 Å². The van der Waals surface area contributed by atoms with Gasteiger partial charge in [-0.05, 0) is 0 Å². The summed E-state index contributed by atoms with van der Waals surface area (Å²) in [5, 5.41) is 0. The number of allylic oxidation sites excluding steroid dienone is 4. The molecule has 0 aromatic heterocycles. The van der Waals surface area contributed by atoms with E-state index in [0.717, 1.165) is 6.42 Å². The van der Waals surface area contributed by atoms with E-state index in [2.05, 4.69) is 81.1 Å². The number of hydrogen-bond donors (Lipinski definition) is 0. The molecular formula is C18H13Cl2Ti. The Morgan fingerprint density at radius 3 is 2.33 bits per heavy atom. The molecule has 103 valence electrons. The monoisotopic (exact) mass is 347 g/mol. The Hall–Kier alpha value is -0.786. The van der Waals surface area contributed by atoms with E-state index >= 15 is 0 Å². The van der Waals surface area contributed by atoms with E-state index in [1.54, 1.807) is 0 Å². The summed E-state index contributed by atoms with van der Waals surface area (Å²) in [6, 6.07) is 15.6. The quantitative estimate of drug-likeness (QED) is 0.560. The number of benzene rings is 2. The number of rotatable bonds is 1. The maximum absolute atomic E-state index is 2.33. The minimum absolute atomic E-state index is 0. The van der Waals surface area contributed by atoms with Gasteiger partial charge < -0.3 is 24.8 Å². The number of hydrogen-bond acceptors (Lipinski definition) is 0. The van der Waals surface area contributed by atoms with Crippen molar-refractivity contribution in [1.29, 1.82) is 0 Å². The van der Waals surface area contributed by atoms with Gasteiger partial charge in [-0.1, -0.05) is 0 Å². The third kappa shape index (κ3) is 2.55. The van der Waals surface area contributed by atoms with Crippen LogP contribution in [0.2, 0.25) is 0 Å². The third-order valence-electron chi connectivity index (χ3n) is 4.07. The van der Waals surface area contributed by atoms with Crippen LogP contribution in [0.1, 0.15) is 27.3 Å². The third-order valence-corrected chi connectivity index (χ3v) is 5.01. The average molecular weight is 348 g/mol. The molecule has 0 N–H and O–H groups in total. The average Bonchev–Trinajstić information content (AvgIpc) is 3.08. The molecule has 1 unspecified atom stereocenters. The van der Waals surface area contributed by atoms with Gasteiger partial charge in [0.1, 0.15) is 0 Å². The molecule has 2 aliphatic carbocycles. The van der Waals surface area contributed by atoms with Gasteiger partial charge in [0.05, 0.1) is 0 Å². The predicted octanol–water partition coefficient (Wildman–Crippen LogP) is -1.35. The van der Waals surface area contributed by atoms with Crippen LogP contribution in [0.3, 0.4) is 0 Å². The molecule has 0 saturated carbocycles. The second-order valence-corrected chi connectivity index (χ2v) is 6.01. The Morgan fingerprint density at radius 2 is 1.57 bits per heavy atom. The number of halogens is 2. The zero-order valence-corrected chi connectivity index (χ0v) is 14.4. The molecule has 21 heavy (non-hydrogen) atoms. The molecule has 0 nitrogen and oxygen atoms in total. The van der Waals surface area contributed by atoms with Crippen LogP contribution in [0.15, 0.2) is 60.7 Å². The molecule has 0 bridgehead atoms. The SMILES string of the molecule is [Cl-].[Cl-].[Ti+2][CH]1c2ccccc2-c2cccc(C3=CC=CC3)c21. The molecule has 2 aliphatic rings. The van der Waals surface area contributed by atoms with Gasteiger partial charge in [-0.3, -0.25) is 0 Å². The zero-order chi connectivity index (χ0) is 12.8. The first-order valence-electron chi connectivity index (χ1n) is 6.65. The second kappa shape index (κ2) is 6.54. The van der Waals surface area contributed by atoms with E-state index in [0.29, 0.717) is 4.22 Å². The van der Waals surface area contributed by atoms with Crippen LogP contribution >= 0.6 is 0 Å². The first-order chi connectivity index (χ1) is 9.36. The van der Waals surface area contributed by atoms with E-state index in [-0.39, 0.29) is 24.8 Å². The topological polar surface area (TPSA) is 0 Å². The Kier molecular flexibility index (Phi) is 5.17. The van der Waals surface area contributed by atoms with Gasteiger partial charge >= 0.3 is 125 Å². The van der Waals surface area contributed by atoms with E-state index in [4.69, 9.17) is 0 Å². The second-order valence-electron chi connectivity index (χ2n) is 5.11. The van der Waals surface area contributed by atoms with Crippen molar-refractivity contribution in [1.82, 2.24) is 0 Å². The van der Waals surface area contributed by atoms with Gasteiger partial charge in [0.25, 0.3) is 0 Å². The van der Waals surface area contributed by atoms with Crippen molar-refractivity contribution in [3.8, 4) is 11.1 Å². The van der Waals surface area contributed by atoms with E-state index in [9.17, 15) is 0 Å².